The van der Waals surface area contributed by atoms with Gasteiger partial charge in [0, 0.05) is 31.8 Å². The molecule has 0 spiro atoms. The summed E-state index contributed by atoms with van der Waals surface area (Å²) in [6.07, 6.45) is 1.17. The third-order valence-corrected chi connectivity index (χ3v) is 6.22. The lowest BCUT2D eigenvalue weighted by Gasteiger charge is -2.22. The maximum atomic E-state index is 13.1. The van der Waals surface area contributed by atoms with E-state index in [-0.39, 0.29) is 23.9 Å². The van der Waals surface area contributed by atoms with E-state index < -0.39 is 10.0 Å². The van der Waals surface area contributed by atoms with Gasteiger partial charge in [0.1, 0.15) is 0 Å². The van der Waals surface area contributed by atoms with Gasteiger partial charge < -0.3 is 10.1 Å². The van der Waals surface area contributed by atoms with Gasteiger partial charge in [-0.05, 0) is 42.7 Å². The minimum atomic E-state index is -3.83. The van der Waals surface area contributed by atoms with Crippen molar-refractivity contribution in [3.05, 3.63) is 65.2 Å². The zero-order chi connectivity index (χ0) is 20.4. The summed E-state index contributed by atoms with van der Waals surface area (Å²) in [5.74, 6) is -0.346. The molecule has 0 saturated carbocycles. The quantitative estimate of drug-likeness (QED) is 0.563. The summed E-state index contributed by atoms with van der Waals surface area (Å²) in [6, 6.07) is 15.5. The van der Waals surface area contributed by atoms with E-state index in [2.05, 4.69) is 5.32 Å². The Bertz CT molecular complexity index is 842. The van der Waals surface area contributed by atoms with Crippen LogP contribution in [0.3, 0.4) is 0 Å². The van der Waals surface area contributed by atoms with Crippen LogP contribution in [0.25, 0.3) is 0 Å². The first-order valence-electron chi connectivity index (χ1n) is 8.99. The van der Waals surface area contributed by atoms with E-state index in [0.717, 1.165) is 5.56 Å². The molecule has 0 unspecified atom stereocenters. The molecule has 0 radical (unpaired) electrons. The number of rotatable bonds is 11. The first-order valence-corrected chi connectivity index (χ1v) is 10.8. The van der Waals surface area contributed by atoms with Gasteiger partial charge in [-0.3, -0.25) is 4.79 Å². The normalized spacial score (nSPS) is 11.5. The first kappa shape index (κ1) is 22.4. The Morgan fingerprint density at radius 3 is 2.43 bits per heavy atom. The van der Waals surface area contributed by atoms with Crippen LogP contribution in [-0.4, -0.2) is 52.0 Å². The molecule has 0 aliphatic carbocycles. The Balaban J connectivity index is 2.12. The number of nitrogens with one attached hydrogen (secondary N) is 1. The molecule has 1 N–H and O–H groups in total. The van der Waals surface area contributed by atoms with Crippen molar-refractivity contribution in [3.8, 4) is 0 Å². The van der Waals surface area contributed by atoms with Crippen molar-refractivity contribution >= 4 is 27.5 Å². The van der Waals surface area contributed by atoms with Crippen molar-refractivity contribution in [2.75, 3.05) is 33.4 Å². The second kappa shape index (κ2) is 11.2. The van der Waals surface area contributed by atoms with Crippen LogP contribution in [0.4, 0.5) is 0 Å². The summed E-state index contributed by atoms with van der Waals surface area (Å²) in [5, 5.41) is 3.18. The molecule has 152 valence electrons. The second-order valence-electron chi connectivity index (χ2n) is 6.22. The highest BCUT2D eigenvalue weighted by molar-refractivity contribution is 7.89. The van der Waals surface area contributed by atoms with Gasteiger partial charge in [-0.15, -0.1) is 0 Å². The van der Waals surface area contributed by atoms with Gasteiger partial charge in [0.05, 0.1) is 11.4 Å². The van der Waals surface area contributed by atoms with E-state index in [0.29, 0.717) is 31.0 Å². The average molecular weight is 425 g/mol. The first-order chi connectivity index (χ1) is 13.4. The lowest BCUT2D eigenvalue weighted by Crippen LogP contribution is -2.42. The molecular weight excluding hydrogens is 400 g/mol. The van der Waals surface area contributed by atoms with E-state index in [1.165, 1.54) is 28.6 Å². The van der Waals surface area contributed by atoms with Crippen LogP contribution in [0.2, 0.25) is 5.02 Å². The molecule has 2 aromatic rings. The molecular formula is C20H25ClN2O4S. The third kappa shape index (κ3) is 6.91. The maximum Gasteiger partial charge on any atom is 0.243 e. The van der Waals surface area contributed by atoms with Crippen molar-refractivity contribution < 1.29 is 17.9 Å². The highest BCUT2D eigenvalue weighted by Gasteiger charge is 2.26. The third-order valence-electron chi connectivity index (χ3n) is 4.11. The standard InChI is InChI=1S/C20H25ClN2O4S/c1-27-15-5-13-22-20(24)16-23(14-12-17-6-3-2-4-7-17)28(25,26)19-10-8-18(21)9-11-19/h2-4,6-11H,5,12-16H2,1H3,(H,22,24). The number of ether oxygens (including phenoxy) is 1. The van der Waals surface area contributed by atoms with Crippen LogP contribution in [0, 0.1) is 0 Å². The summed E-state index contributed by atoms with van der Waals surface area (Å²) >= 11 is 5.87. The lowest BCUT2D eigenvalue weighted by molar-refractivity contribution is -0.121. The summed E-state index contributed by atoms with van der Waals surface area (Å²) in [7, 11) is -2.24. The van der Waals surface area contributed by atoms with Gasteiger partial charge in [0.25, 0.3) is 0 Å². The van der Waals surface area contributed by atoms with E-state index in [4.69, 9.17) is 16.3 Å². The van der Waals surface area contributed by atoms with Gasteiger partial charge in [0.15, 0.2) is 0 Å². The number of hydrogen-bond acceptors (Lipinski definition) is 4. The Morgan fingerprint density at radius 1 is 1.11 bits per heavy atom. The number of sulfonamides is 1. The van der Waals surface area contributed by atoms with Crippen molar-refractivity contribution in [1.29, 1.82) is 0 Å². The highest BCUT2D eigenvalue weighted by Crippen LogP contribution is 2.19. The highest BCUT2D eigenvalue weighted by atomic mass is 35.5. The number of hydrogen-bond donors (Lipinski definition) is 1. The topological polar surface area (TPSA) is 75.7 Å². The fourth-order valence-electron chi connectivity index (χ4n) is 2.60. The summed E-state index contributed by atoms with van der Waals surface area (Å²) in [6.45, 7) is 0.909. The van der Waals surface area contributed by atoms with Gasteiger partial charge in [-0.1, -0.05) is 41.9 Å². The molecule has 0 fully saturated rings. The predicted molar refractivity (Wildman–Crippen MR) is 110 cm³/mol. The zero-order valence-electron chi connectivity index (χ0n) is 15.8. The van der Waals surface area contributed by atoms with Crippen LogP contribution in [0.1, 0.15) is 12.0 Å². The van der Waals surface area contributed by atoms with Gasteiger partial charge in [0.2, 0.25) is 15.9 Å². The molecule has 0 aliphatic rings. The lowest BCUT2D eigenvalue weighted by atomic mass is 10.1. The van der Waals surface area contributed by atoms with Crippen LogP contribution in [-0.2, 0) is 26.0 Å². The Morgan fingerprint density at radius 2 is 1.79 bits per heavy atom. The number of halogens is 1. The van der Waals surface area contributed by atoms with Crippen LogP contribution in [0.5, 0.6) is 0 Å². The van der Waals surface area contributed by atoms with Crippen molar-refractivity contribution in [2.24, 2.45) is 0 Å². The Hall–Kier alpha value is -1.93. The molecule has 6 nitrogen and oxygen atoms in total. The number of carbonyl (C=O) groups excluding carboxylic acids is 1. The smallest absolute Gasteiger partial charge is 0.243 e. The van der Waals surface area contributed by atoms with Crippen molar-refractivity contribution in [1.82, 2.24) is 9.62 Å². The summed E-state index contributed by atoms with van der Waals surface area (Å²) in [5.41, 5.74) is 0.999. The van der Waals surface area contributed by atoms with Gasteiger partial charge in [-0.2, -0.15) is 4.31 Å². The largest absolute Gasteiger partial charge is 0.385 e. The average Bonchev–Trinajstić information content (AvgIpc) is 2.69. The molecule has 0 heterocycles. The molecule has 2 rings (SSSR count). The number of benzene rings is 2. The van der Waals surface area contributed by atoms with Crippen LogP contribution in [0.15, 0.2) is 59.5 Å². The van der Waals surface area contributed by atoms with Crippen molar-refractivity contribution in [3.63, 3.8) is 0 Å². The molecule has 0 aliphatic heterocycles. The predicted octanol–water partition coefficient (Wildman–Crippen LogP) is 2.73. The van der Waals surface area contributed by atoms with Gasteiger partial charge in [-0.25, -0.2) is 8.42 Å². The van der Waals surface area contributed by atoms with E-state index in [9.17, 15) is 13.2 Å². The molecule has 1 amide bonds. The maximum absolute atomic E-state index is 13.1. The van der Waals surface area contributed by atoms with E-state index >= 15 is 0 Å². The number of carbonyl (C=O) groups is 1. The monoisotopic (exact) mass is 424 g/mol. The molecule has 0 aromatic heterocycles. The Labute approximate surface area is 171 Å². The fraction of sp³-hybridized carbons (Fsp3) is 0.350. The number of methoxy groups -OCH3 is 1. The molecule has 0 bridgehead atoms. The van der Waals surface area contributed by atoms with E-state index in [1.54, 1.807) is 7.11 Å². The molecule has 28 heavy (non-hydrogen) atoms. The summed E-state index contributed by atoms with van der Waals surface area (Å²) < 4.78 is 32.3. The van der Waals surface area contributed by atoms with Gasteiger partial charge >= 0.3 is 0 Å². The van der Waals surface area contributed by atoms with Crippen LogP contribution >= 0.6 is 11.6 Å². The summed E-state index contributed by atoms with van der Waals surface area (Å²) in [4.78, 5) is 12.4. The minimum Gasteiger partial charge on any atom is -0.385 e. The molecule has 0 atom stereocenters. The number of nitrogens with zero attached hydrogens (tertiary/aromatic N) is 1. The zero-order valence-corrected chi connectivity index (χ0v) is 17.4. The SMILES string of the molecule is COCCCNC(=O)CN(CCc1ccccc1)S(=O)(=O)c1ccc(Cl)cc1. The fourth-order valence-corrected chi connectivity index (χ4v) is 4.12. The minimum absolute atomic E-state index is 0.108. The van der Waals surface area contributed by atoms with Crippen LogP contribution < -0.4 is 5.32 Å². The number of amides is 1. The molecule has 8 heteroatoms. The Kier molecular flexibility index (Phi) is 8.92. The molecule has 2 aromatic carbocycles. The molecule has 0 saturated heterocycles. The van der Waals surface area contributed by atoms with E-state index in [1.807, 2.05) is 30.3 Å². The second-order valence-corrected chi connectivity index (χ2v) is 8.60. The van der Waals surface area contributed by atoms with Crippen molar-refractivity contribution in [2.45, 2.75) is 17.7 Å².